The summed E-state index contributed by atoms with van der Waals surface area (Å²) in [7, 11) is 0. The van der Waals surface area contributed by atoms with E-state index in [1.54, 1.807) is 28.6 Å². The normalized spacial score (nSPS) is 14.6. The molecule has 1 aliphatic rings. The number of nitrogens with zero attached hydrogens (tertiary/aromatic N) is 1. The largest absolute Gasteiger partial charge is 0.301 e. The van der Waals surface area contributed by atoms with Crippen LogP contribution in [0.2, 0.25) is 0 Å². The van der Waals surface area contributed by atoms with E-state index < -0.39 is 0 Å². The third kappa shape index (κ3) is 3.88. The van der Waals surface area contributed by atoms with Crippen molar-refractivity contribution in [2.75, 3.05) is 5.75 Å². The van der Waals surface area contributed by atoms with Crippen LogP contribution in [0.5, 0.6) is 0 Å². The van der Waals surface area contributed by atoms with Gasteiger partial charge in [-0.2, -0.15) is 0 Å². The number of fused-ring (bicyclic) bond motifs is 3. The fourth-order valence-electron chi connectivity index (χ4n) is 3.08. The third-order valence-corrected chi connectivity index (χ3v) is 7.98. The van der Waals surface area contributed by atoms with Gasteiger partial charge in [0.25, 0.3) is 5.56 Å². The number of benzene rings is 1. The van der Waals surface area contributed by atoms with E-state index in [0.717, 1.165) is 39.3 Å². The van der Waals surface area contributed by atoms with Gasteiger partial charge in [-0.1, -0.05) is 53.3 Å². The molecule has 0 bridgehead atoms. The number of aromatic nitrogens is 2. The Labute approximate surface area is 169 Å². The lowest BCUT2D eigenvalue weighted by atomic mass is 9.97. The van der Waals surface area contributed by atoms with Crippen LogP contribution in [0.3, 0.4) is 0 Å². The van der Waals surface area contributed by atoms with Crippen LogP contribution in [0.1, 0.15) is 23.3 Å². The zero-order valence-corrected chi connectivity index (χ0v) is 17.2. The van der Waals surface area contributed by atoms with E-state index in [-0.39, 0.29) is 5.56 Å². The van der Waals surface area contributed by atoms with Gasteiger partial charge in [-0.25, -0.2) is 4.98 Å². The number of thiophene rings is 1. The van der Waals surface area contributed by atoms with Crippen LogP contribution >= 0.6 is 46.5 Å². The lowest BCUT2D eigenvalue weighted by Crippen LogP contribution is -2.11. The van der Waals surface area contributed by atoms with Crippen molar-refractivity contribution in [3.8, 4) is 0 Å². The van der Waals surface area contributed by atoms with Crippen molar-refractivity contribution >= 4 is 56.7 Å². The van der Waals surface area contributed by atoms with Crippen LogP contribution in [0.25, 0.3) is 10.2 Å². The summed E-state index contributed by atoms with van der Waals surface area (Å²) in [5.74, 6) is 0.669. The standard InChI is InChI=1S/C19H17ClN2OS3/c20-10-13(25-12-6-2-1-3-7-12)11-24-19-21-17(23)16-14-8-4-5-9-15(14)26-18(16)22-19/h1-3,6-7,10H,4-5,8-9,11H2,(H,21,22,23)/b13-10-. The topological polar surface area (TPSA) is 45.8 Å². The summed E-state index contributed by atoms with van der Waals surface area (Å²) in [6, 6.07) is 10.1. The van der Waals surface area contributed by atoms with Crippen LogP contribution < -0.4 is 5.56 Å². The number of thioether (sulfide) groups is 2. The fraction of sp³-hybridized carbons (Fsp3) is 0.263. The molecule has 0 aliphatic heterocycles. The summed E-state index contributed by atoms with van der Waals surface area (Å²) >= 11 is 10.8. The molecule has 0 saturated heterocycles. The van der Waals surface area contributed by atoms with Gasteiger partial charge < -0.3 is 4.98 Å². The molecule has 1 aliphatic carbocycles. The predicted molar refractivity (Wildman–Crippen MR) is 114 cm³/mol. The zero-order chi connectivity index (χ0) is 17.9. The second-order valence-corrected chi connectivity index (χ2v) is 9.51. The number of aromatic amines is 1. The highest BCUT2D eigenvalue weighted by Gasteiger charge is 2.19. The Bertz CT molecular complexity index is 1010. The second kappa shape index (κ2) is 8.21. The molecule has 0 spiro atoms. The van der Waals surface area contributed by atoms with Crippen molar-refractivity contribution in [3.05, 3.63) is 61.6 Å². The van der Waals surface area contributed by atoms with E-state index in [2.05, 4.69) is 17.1 Å². The van der Waals surface area contributed by atoms with Gasteiger partial charge in [-0.3, -0.25) is 4.79 Å². The SMILES string of the molecule is O=c1[nH]c(SC/C(=C/Cl)Sc2ccccc2)nc2sc3c(c12)CCCC3. The van der Waals surface area contributed by atoms with Crippen LogP contribution in [-0.4, -0.2) is 15.7 Å². The number of aryl methyl sites for hydroxylation is 2. The molecular formula is C19H17ClN2OS3. The predicted octanol–water partition coefficient (Wildman–Crippen LogP) is 5.83. The smallest absolute Gasteiger partial charge is 0.260 e. The number of halogens is 1. The molecule has 4 rings (SSSR count). The van der Waals surface area contributed by atoms with Crippen molar-refractivity contribution < 1.29 is 0 Å². The van der Waals surface area contributed by atoms with Crippen molar-refractivity contribution in [2.45, 2.75) is 35.7 Å². The molecule has 0 amide bonds. The van der Waals surface area contributed by atoms with E-state index >= 15 is 0 Å². The minimum atomic E-state index is -0.0102. The Morgan fingerprint density at radius 3 is 2.88 bits per heavy atom. The Balaban J connectivity index is 1.53. The first-order chi connectivity index (χ1) is 12.7. The first-order valence-electron chi connectivity index (χ1n) is 8.44. The monoisotopic (exact) mass is 420 g/mol. The van der Waals surface area contributed by atoms with Gasteiger partial charge in [0.15, 0.2) is 5.16 Å². The van der Waals surface area contributed by atoms with Gasteiger partial charge in [0, 0.05) is 26.0 Å². The summed E-state index contributed by atoms with van der Waals surface area (Å²) < 4.78 is 0. The van der Waals surface area contributed by atoms with Gasteiger partial charge >= 0.3 is 0 Å². The molecule has 3 nitrogen and oxygen atoms in total. The highest BCUT2D eigenvalue weighted by atomic mass is 35.5. The molecule has 0 atom stereocenters. The summed E-state index contributed by atoms with van der Waals surface area (Å²) in [5.41, 5.74) is 2.82. The van der Waals surface area contributed by atoms with E-state index in [9.17, 15) is 4.79 Å². The molecule has 7 heteroatoms. The Morgan fingerprint density at radius 1 is 1.27 bits per heavy atom. The van der Waals surface area contributed by atoms with Crippen LogP contribution in [0.4, 0.5) is 0 Å². The summed E-state index contributed by atoms with van der Waals surface area (Å²) in [6.45, 7) is 0. The quantitative estimate of drug-likeness (QED) is 0.416. The molecule has 1 N–H and O–H groups in total. The Morgan fingerprint density at radius 2 is 2.08 bits per heavy atom. The zero-order valence-electron chi connectivity index (χ0n) is 14.0. The first-order valence-corrected chi connectivity index (χ1v) is 11.5. The number of hydrogen-bond donors (Lipinski definition) is 1. The molecule has 2 heterocycles. The maximum atomic E-state index is 12.6. The molecule has 26 heavy (non-hydrogen) atoms. The molecule has 0 saturated carbocycles. The number of nitrogens with one attached hydrogen (secondary N) is 1. The first kappa shape index (κ1) is 18.2. The third-order valence-electron chi connectivity index (χ3n) is 4.27. The van der Waals surface area contributed by atoms with E-state index in [1.807, 2.05) is 18.2 Å². The minimum absolute atomic E-state index is 0.0102. The van der Waals surface area contributed by atoms with Gasteiger partial charge in [0.2, 0.25) is 0 Å². The van der Waals surface area contributed by atoms with Crippen LogP contribution in [0.15, 0.2) is 55.6 Å². The maximum Gasteiger partial charge on any atom is 0.260 e. The molecule has 134 valence electrons. The minimum Gasteiger partial charge on any atom is -0.301 e. The maximum absolute atomic E-state index is 12.6. The Kier molecular flexibility index (Phi) is 5.74. The molecule has 0 fully saturated rings. The van der Waals surface area contributed by atoms with E-state index in [0.29, 0.717) is 10.9 Å². The molecule has 1 aromatic carbocycles. The van der Waals surface area contributed by atoms with Crippen molar-refractivity contribution in [1.29, 1.82) is 0 Å². The highest BCUT2D eigenvalue weighted by Crippen LogP contribution is 2.35. The van der Waals surface area contributed by atoms with Crippen molar-refractivity contribution in [1.82, 2.24) is 9.97 Å². The summed E-state index contributed by atoms with van der Waals surface area (Å²) in [4.78, 5) is 24.6. The lowest BCUT2D eigenvalue weighted by molar-refractivity contribution is 0.700. The van der Waals surface area contributed by atoms with Gasteiger partial charge in [0.1, 0.15) is 4.83 Å². The summed E-state index contributed by atoms with van der Waals surface area (Å²) in [5, 5.41) is 1.46. The van der Waals surface area contributed by atoms with Crippen LogP contribution in [0, 0.1) is 0 Å². The average molecular weight is 421 g/mol. The average Bonchev–Trinajstić information content (AvgIpc) is 3.04. The number of hydrogen-bond acceptors (Lipinski definition) is 5. The number of rotatable bonds is 5. The lowest BCUT2D eigenvalue weighted by Gasteiger charge is -2.09. The highest BCUT2D eigenvalue weighted by molar-refractivity contribution is 8.05. The van der Waals surface area contributed by atoms with Crippen LogP contribution in [-0.2, 0) is 12.8 Å². The van der Waals surface area contributed by atoms with Crippen molar-refractivity contribution in [2.24, 2.45) is 0 Å². The molecule has 0 radical (unpaired) electrons. The fourth-order valence-corrected chi connectivity index (χ4v) is 6.43. The summed E-state index contributed by atoms with van der Waals surface area (Å²) in [6.07, 6.45) is 4.44. The van der Waals surface area contributed by atoms with Gasteiger partial charge in [-0.15, -0.1) is 11.3 Å². The molecule has 3 aromatic rings. The molecule has 0 unspecified atom stereocenters. The Hall–Kier alpha value is -1.21. The van der Waals surface area contributed by atoms with E-state index in [1.165, 1.54) is 28.6 Å². The molecule has 2 aromatic heterocycles. The van der Waals surface area contributed by atoms with Gasteiger partial charge in [-0.05, 0) is 43.4 Å². The number of H-pyrrole nitrogens is 1. The van der Waals surface area contributed by atoms with Crippen molar-refractivity contribution in [3.63, 3.8) is 0 Å². The van der Waals surface area contributed by atoms with E-state index in [4.69, 9.17) is 16.6 Å². The van der Waals surface area contributed by atoms with Gasteiger partial charge in [0.05, 0.1) is 5.39 Å². The molecular weight excluding hydrogens is 404 g/mol. The second-order valence-electron chi connectivity index (χ2n) is 6.04.